The summed E-state index contributed by atoms with van der Waals surface area (Å²) in [6, 6.07) is 10.1. The molecule has 0 saturated carbocycles. The zero-order valence-corrected chi connectivity index (χ0v) is 9.25. The second-order valence-electron chi connectivity index (χ2n) is 4.02. The van der Waals surface area contributed by atoms with E-state index in [-0.39, 0.29) is 0 Å². The van der Waals surface area contributed by atoms with Crippen molar-refractivity contribution in [2.75, 3.05) is 0 Å². The summed E-state index contributed by atoms with van der Waals surface area (Å²) >= 11 is 0. The summed E-state index contributed by atoms with van der Waals surface area (Å²) in [5.74, 6) is 0.502. The third-order valence-electron chi connectivity index (χ3n) is 2.96. The van der Waals surface area contributed by atoms with Crippen molar-refractivity contribution in [2.24, 2.45) is 0 Å². The molecule has 0 fully saturated rings. The van der Waals surface area contributed by atoms with E-state index >= 15 is 0 Å². The van der Waals surface area contributed by atoms with Crippen molar-refractivity contribution in [2.45, 2.75) is 0 Å². The Bertz CT molecular complexity index is 830. The number of para-hydroxylation sites is 1. The minimum atomic E-state index is 0.502. The maximum Gasteiger partial charge on any atom is 0.222 e. The van der Waals surface area contributed by atoms with Crippen molar-refractivity contribution in [3.8, 4) is 11.5 Å². The average molecular weight is 236 g/mol. The van der Waals surface area contributed by atoms with Gasteiger partial charge in [0.2, 0.25) is 5.82 Å². The molecule has 0 saturated heterocycles. The molecule has 0 aliphatic rings. The second-order valence-corrected chi connectivity index (χ2v) is 4.02. The van der Waals surface area contributed by atoms with Crippen LogP contribution in [0.1, 0.15) is 0 Å². The molecule has 0 amide bonds. The number of fused-ring (bicyclic) bond motifs is 3. The number of nitrogens with one attached hydrogen (secondary N) is 2. The van der Waals surface area contributed by atoms with Crippen LogP contribution >= 0.6 is 0 Å². The van der Waals surface area contributed by atoms with Gasteiger partial charge in [-0.2, -0.15) is 5.21 Å². The van der Waals surface area contributed by atoms with Crippen molar-refractivity contribution < 1.29 is 0 Å². The van der Waals surface area contributed by atoms with Crippen LogP contribution in [-0.4, -0.2) is 30.6 Å². The van der Waals surface area contributed by atoms with Crippen molar-refractivity contribution in [1.29, 1.82) is 0 Å². The highest BCUT2D eigenvalue weighted by atomic mass is 15.5. The molecule has 0 atom stereocenters. The number of aromatic amines is 2. The van der Waals surface area contributed by atoms with Gasteiger partial charge in [-0.05, 0) is 17.3 Å². The van der Waals surface area contributed by atoms with E-state index in [9.17, 15) is 0 Å². The summed E-state index contributed by atoms with van der Waals surface area (Å²) in [5, 5.41) is 16.1. The molecule has 3 heterocycles. The third-order valence-corrected chi connectivity index (χ3v) is 2.96. The summed E-state index contributed by atoms with van der Waals surface area (Å²) in [4.78, 5) is 7.65. The van der Waals surface area contributed by atoms with Crippen LogP contribution in [0.3, 0.4) is 0 Å². The normalized spacial score (nSPS) is 11.3. The number of rotatable bonds is 1. The van der Waals surface area contributed by atoms with Gasteiger partial charge in [-0.1, -0.05) is 18.2 Å². The van der Waals surface area contributed by atoms with E-state index in [1.165, 1.54) is 5.39 Å². The van der Waals surface area contributed by atoms with Gasteiger partial charge in [-0.15, -0.1) is 10.2 Å². The molecule has 1 aromatic carbocycles. The van der Waals surface area contributed by atoms with Gasteiger partial charge in [-0.25, -0.2) is 0 Å². The zero-order valence-electron chi connectivity index (χ0n) is 9.25. The van der Waals surface area contributed by atoms with Crippen molar-refractivity contribution >= 4 is 21.8 Å². The highest BCUT2D eigenvalue weighted by molar-refractivity contribution is 6.07. The van der Waals surface area contributed by atoms with E-state index < -0.39 is 0 Å². The topological polar surface area (TPSA) is 83.1 Å². The second kappa shape index (κ2) is 3.36. The average Bonchev–Trinajstić information content (AvgIpc) is 3.05. The minimum Gasteiger partial charge on any atom is -0.353 e. The van der Waals surface area contributed by atoms with Crippen LogP contribution in [0, 0.1) is 0 Å². The molecule has 86 valence electrons. The standard InChI is InChI=1S/C12H8N6/c1-2-4-9-7(3-1)8-5-10(12-15-17-18-16-12)13-6-11(8)14-9/h1-6,14H,(H,15,16,17,18). The predicted octanol–water partition coefficient (Wildman–Crippen LogP) is 1.90. The predicted molar refractivity (Wildman–Crippen MR) is 66.8 cm³/mol. The fourth-order valence-electron chi connectivity index (χ4n) is 2.14. The molecule has 0 spiro atoms. The molecule has 0 aliphatic heterocycles. The molecule has 3 aromatic heterocycles. The van der Waals surface area contributed by atoms with E-state index in [1.54, 1.807) is 6.20 Å². The number of aromatic nitrogens is 6. The van der Waals surface area contributed by atoms with Crippen LogP contribution in [0.5, 0.6) is 0 Å². The number of H-pyrrole nitrogens is 2. The molecule has 4 aromatic rings. The Morgan fingerprint density at radius 2 is 1.94 bits per heavy atom. The fourth-order valence-corrected chi connectivity index (χ4v) is 2.14. The van der Waals surface area contributed by atoms with E-state index in [0.717, 1.165) is 16.4 Å². The zero-order chi connectivity index (χ0) is 11.9. The lowest BCUT2D eigenvalue weighted by atomic mass is 10.1. The first-order valence-electron chi connectivity index (χ1n) is 5.52. The minimum absolute atomic E-state index is 0.502. The highest BCUT2D eigenvalue weighted by Gasteiger charge is 2.09. The van der Waals surface area contributed by atoms with Crippen molar-refractivity contribution in [3.05, 3.63) is 36.5 Å². The Morgan fingerprint density at radius 1 is 1.00 bits per heavy atom. The number of tetrazole rings is 1. The molecule has 0 aliphatic carbocycles. The first-order chi connectivity index (χ1) is 8.92. The Labute approximate surface area is 101 Å². The Kier molecular flexibility index (Phi) is 1.74. The van der Waals surface area contributed by atoms with Crippen molar-refractivity contribution in [3.63, 3.8) is 0 Å². The maximum absolute atomic E-state index is 4.33. The van der Waals surface area contributed by atoms with Gasteiger partial charge >= 0.3 is 0 Å². The molecule has 6 heteroatoms. The Balaban J connectivity index is 2.07. The molecule has 4 rings (SSSR count). The molecule has 2 N–H and O–H groups in total. The number of hydrogen-bond acceptors (Lipinski definition) is 4. The monoisotopic (exact) mass is 236 g/mol. The van der Waals surface area contributed by atoms with Crippen LogP contribution in [-0.2, 0) is 0 Å². The van der Waals surface area contributed by atoms with Crippen LogP contribution in [0.25, 0.3) is 33.3 Å². The van der Waals surface area contributed by atoms with Crippen LogP contribution in [0.2, 0.25) is 0 Å². The quantitative estimate of drug-likeness (QED) is 0.528. The first kappa shape index (κ1) is 9.29. The van der Waals surface area contributed by atoms with Gasteiger partial charge in [0, 0.05) is 16.3 Å². The summed E-state index contributed by atoms with van der Waals surface area (Å²) in [6.45, 7) is 0. The smallest absolute Gasteiger partial charge is 0.222 e. The van der Waals surface area contributed by atoms with Gasteiger partial charge < -0.3 is 4.98 Å². The van der Waals surface area contributed by atoms with Gasteiger partial charge in [0.15, 0.2) is 0 Å². The summed E-state index contributed by atoms with van der Waals surface area (Å²) in [5.41, 5.74) is 2.81. The number of nitrogens with zero attached hydrogens (tertiary/aromatic N) is 4. The molecular formula is C12H8N6. The van der Waals surface area contributed by atoms with E-state index in [2.05, 4.69) is 36.7 Å². The lowest BCUT2D eigenvalue weighted by Gasteiger charge is -1.94. The summed E-state index contributed by atoms with van der Waals surface area (Å²) < 4.78 is 0. The maximum atomic E-state index is 4.33. The molecule has 0 unspecified atom stereocenters. The largest absolute Gasteiger partial charge is 0.353 e. The summed E-state index contributed by atoms with van der Waals surface area (Å²) in [6.07, 6.45) is 1.79. The number of pyridine rings is 1. The third kappa shape index (κ3) is 1.22. The summed E-state index contributed by atoms with van der Waals surface area (Å²) in [7, 11) is 0. The van der Waals surface area contributed by atoms with E-state index in [1.807, 2.05) is 24.3 Å². The van der Waals surface area contributed by atoms with E-state index in [0.29, 0.717) is 11.5 Å². The number of benzene rings is 1. The lowest BCUT2D eigenvalue weighted by Crippen LogP contribution is -1.85. The van der Waals surface area contributed by atoms with Gasteiger partial charge in [0.1, 0.15) is 5.69 Å². The Morgan fingerprint density at radius 3 is 2.83 bits per heavy atom. The van der Waals surface area contributed by atoms with Crippen LogP contribution < -0.4 is 0 Å². The molecule has 0 radical (unpaired) electrons. The van der Waals surface area contributed by atoms with Gasteiger partial charge in [0.25, 0.3) is 0 Å². The van der Waals surface area contributed by atoms with Crippen LogP contribution in [0.4, 0.5) is 0 Å². The van der Waals surface area contributed by atoms with Gasteiger partial charge in [-0.3, -0.25) is 4.98 Å². The van der Waals surface area contributed by atoms with Gasteiger partial charge in [0.05, 0.1) is 11.7 Å². The Hall–Kier alpha value is -2.76. The number of hydrogen-bond donors (Lipinski definition) is 2. The first-order valence-corrected chi connectivity index (χ1v) is 5.52. The van der Waals surface area contributed by atoms with E-state index in [4.69, 9.17) is 0 Å². The fraction of sp³-hybridized carbons (Fsp3) is 0. The molecular weight excluding hydrogens is 228 g/mol. The van der Waals surface area contributed by atoms with Crippen molar-refractivity contribution in [1.82, 2.24) is 30.6 Å². The van der Waals surface area contributed by atoms with Crippen LogP contribution in [0.15, 0.2) is 36.5 Å². The lowest BCUT2D eigenvalue weighted by molar-refractivity contribution is 0.881. The molecule has 18 heavy (non-hydrogen) atoms. The molecule has 6 nitrogen and oxygen atoms in total. The highest BCUT2D eigenvalue weighted by Crippen LogP contribution is 2.26. The SMILES string of the molecule is c1ccc2c(c1)[nH]c1cnc(-c3nn[nH]n3)cc12. The molecule has 0 bridgehead atoms.